The number of nitrogens with zero attached hydrogens (tertiary/aromatic N) is 2. The van der Waals surface area contributed by atoms with Crippen LogP contribution in [-0.4, -0.2) is 21.7 Å². The molecule has 1 saturated carbocycles. The van der Waals surface area contributed by atoms with Gasteiger partial charge in [-0.1, -0.05) is 48.5 Å². The van der Waals surface area contributed by atoms with Gasteiger partial charge < -0.3 is 5.32 Å². The van der Waals surface area contributed by atoms with Crippen LogP contribution in [0.15, 0.2) is 54.6 Å². The van der Waals surface area contributed by atoms with Gasteiger partial charge in [-0.05, 0) is 25.8 Å². The van der Waals surface area contributed by atoms with Gasteiger partial charge in [-0.25, -0.2) is 0 Å². The van der Waals surface area contributed by atoms with Gasteiger partial charge in [0.25, 0.3) is 0 Å². The molecule has 0 spiro atoms. The Morgan fingerprint density at radius 1 is 1.13 bits per heavy atom. The van der Waals surface area contributed by atoms with Crippen LogP contribution in [0.1, 0.15) is 25.8 Å². The van der Waals surface area contributed by atoms with Crippen LogP contribution in [0, 0.1) is 0 Å². The fourth-order valence-electron chi connectivity index (χ4n) is 2.85. The minimum atomic E-state index is -0.321. The minimum Gasteiger partial charge on any atom is -0.352 e. The molecule has 4 heteroatoms. The lowest BCUT2D eigenvalue weighted by atomic mass is 10.1. The fraction of sp³-hybridized carbons (Fsp3) is 0.263. The lowest BCUT2D eigenvalue weighted by molar-refractivity contribution is -0.124. The Bertz CT molecular complexity index is 849. The molecular weight excluding hydrogens is 286 g/mol. The Hall–Kier alpha value is -2.62. The van der Waals surface area contributed by atoms with E-state index < -0.39 is 0 Å². The van der Waals surface area contributed by atoms with Crippen molar-refractivity contribution in [3.8, 4) is 11.3 Å². The number of nitrogens with one attached hydrogen (secondary N) is 1. The SMILES string of the molecule is CC(C(=O)NC1CC1)n1nc(-c2ccccc2)c2ccccc21. The second-order valence-corrected chi connectivity index (χ2v) is 6.14. The molecule has 1 fully saturated rings. The summed E-state index contributed by atoms with van der Waals surface area (Å²) in [6, 6.07) is 18.2. The van der Waals surface area contributed by atoms with Gasteiger partial charge in [0, 0.05) is 17.0 Å². The van der Waals surface area contributed by atoms with Gasteiger partial charge >= 0.3 is 0 Å². The lowest BCUT2D eigenvalue weighted by Gasteiger charge is -2.13. The number of para-hydroxylation sites is 1. The van der Waals surface area contributed by atoms with Crippen molar-refractivity contribution >= 4 is 16.8 Å². The molecule has 3 aromatic rings. The average molecular weight is 305 g/mol. The third-order valence-electron chi connectivity index (χ3n) is 4.33. The Labute approximate surface area is 135 Å². The average Bonchev–Trinajstić information content (AvgIpc) is 3.32. The number of fused-ring (bicyclic) bond motifs is 1. The van der Waals surface area contributed by atoms with Crippen LogP contribution < -0.4 is 5.32 Å². The number of carbonyl (C=O) groups is 1. The van der Waals surface area contributed by atoms with Crippen molar-refractivity contribution in [2.24, 2.45) is 0 Å². The topological polar surface area (TPSA) is 46.9 Å². The third kappa shape index (κ3) is 2.61. The van der Waals surface area contributed by atoms with Crippen molar-refractivity contribution in [2.75, 3.05) is 0 Å². The second-order valence-electron chi connectivity index (χ2n) is 6.14. The highest BCUT2D eigenvalue weighted by Gasteiger charge is 2.27. The van der Waals surface area contributed by atoms with Crippen molar-refractivity contribution in [2.45, 2.75) is 31.8 Å². The van der Waals surface area contributed by atoms with Crippen LogP contribution in [0.5, 0.6) is 0 Å². The molecule has 0 bridgehead atoms. The predicted octanol–water partition coefficient (Wildman–Crippen LogP) is 3.54. The van der Waals surface area contributed by atoms with Crippen molar-refractivity contribution < 1.29 is 4.79 Å². The van der Waals surface area contributed by atoms with Crippen LogP contribution >= 0.6 is 0 Å². The van der Waals surface area contributed by atoms with Crippen LogP contribution in [0.4, 0.5) is 0 Å². The van der Waals surface area contributed by atoms with Crippen LogP contribution in [0.2, 0.25) is 0 Å². The highest BCUT2D eigenvalue weighted by atomic mass is 16.2. The van der Waals surface area contributed by atoms with Crippen molar-refractivity contribution in [3.05, 3.63) is 54.6 Å². The molecule has 1 amide bonds. The van der Waals surface area contributed by atoms with E-state index in [1.165, 1.54) is 0 Å². The molecular formula is C19H19N3O. The normalized spacial score (nSPS) is 15.5. The molecule has 1 aromatic heterocycles. The van der Waals surface area contributed by atoms with E-state index in [1.807, 2.05) is 60.1 Å². The first-order valence-electron chi connectivity index (χ1n) is 8.07. The number of amides is 1. The number of rotatable bonds is 4. The van der Waals surface area contributed by atoms with Crippen molar-refractivity contribution in [1.82, 2.24) is 15.1 Å². The largest absolute Gasteiger partial charge is 0.352 e. The highest BCUT2D eigenvalue weighted by molar-refractivity contribution is 5.94. The quantitative estimate of drug-likeness (QED) is 0.801. The maximum Gasteiger partial charge on any atom is 0.244 e. The summed E-state index contributed by atoms with van der Waals surface area (Å²) in [5.41, 5.74) is 2.98. The van der Waals surface area contributed by atoms with Crippen LogP contribution in [0.25, 0.3) is 22.2 Å². The van der Waals surface area contributed by atoms with Gasteiger partial charge in [-0.15, -0.1) is 0 Å². The van der Waals surface area contributed by atoms with E-state index in [-0.39, 0.29) is 11.9 Å². The molecule has 2 aromatic carbocycles. The summed E-state index contributed by atoms with van der Waals surface area (Å²) in [5, 5.41) is 8.90. The van der Waals surface area contributed by atoms with Crippen LogP contribution in [-0.2, 0) is 4.79 Å². The summed E-state index contributed by atoms with van der Waals surface area (Å²) < 4.78 is 1.84. The molecule has 1 N–H and O–H groups in total. The molecule has 4 nitrogen and oxygen atoms in total. The molecule has 0 saturated heterocycles. The summed E-state index contributed by atoms with van der Waals surface area (Å²) >= 11 is 0. The highest BCUT2D eigenvalue weighted by Crippen LogP contribution is 2.30. The molecule has 1 aliphatic rings. The first-order chi connectivity index (χ1) is 11.2. The van der Waals surface area contributed by atoms with E-state index >= 15 is 0 Å². The number of aromatic nitrogens is 2. The molecule has 1 aliphatic carbocycles. The van der Waals surface area contributed by atoms with Crippen molar-refractivity contribution in [3.63, 3.8) is 0 Å². The monoisotopic (exact) mass is 305 g/mol. The minimum absolute atomic E-state index is 0.0420. The van der Waals surface area contributed by atoms with Gasteiger partial charge in [0.1, 0.15) is 11.7 Å². The van der Waals surface area contributed by atoms with E-state index in [0.29, 0.717) is 6.04 Å². The van der Waals surface area contributed by atoms with Crippen molar-refractivity contribution in [1.29, 1.82) is 0 Å². The summed E-state index contributed by atoms with van der Waals surface area (Å²) in [5.74, 6) is 0.0420. The molecule has 1 heterocycles. The number of carbonyl (C=O) groups excluding carboxylic acids is 1. The van der Waals surface area contributed by atoms with E-state index in [4.69, 9.17) is 5.10 Å². The molecule has 116 valence electrons. The van der Waals surface area contributed by atoms with E-state index in [2.05, 4.69) is 11.4 Å². The molecule has 0 radical (unpaired) electrons. The Balaban J connectivity index is 1.79. The van der Waals surface area contributed by atoms with E-state index in [9.17, 15) is 4.79 Å². The zero-order valence-electron chi connectivity index (χ0n) is 13.1. The first-order valence-corrected chi connectivity index (χ1v) is 8.07. The maximum absolute atomic E-state index is 12.4. The predicted molar refractivity (Wildman–Crippen MR) is 91.0 cm³/mol. The Kier molecular flexibility index (Phi) is 3.37. The molecule has 0 aliphatic heterocycles. The summed E-state index contributed by atoms with van der Waals surface area (Å²) in [4.78, 5) is 12.4. The van der Waals surface area contributed by atoms with Gasteiger partial charge in [-0.3, -0.25) is 9.48 Å². The Morgan fingerprint density at radius 2 is 1.83 bits per heavy atom. The standard InChI is InChI=1S/C19H19N3O/c1-13(19(23)20-15-11-12-15)22-17-10-6-5-9-16(17)18(21-22)14-7-3-2-4-8-14/h2-10,13,15H,11-12H2,1H3,(H,20,23). The number of hydrogen-bond donors (Lipinski definition) is 1. The molecule has 23 heavy (non-hydrogen) atoms. The van der Waals surface area contributed by atoms with Gasteiger partial charge in [-0.2, -0.15) is 5.10 Å². The zero-order valence-corrected chi connectivity index (χ0v) is 13.1. The van der Waals surface area contributed by atoms with Gasteiger partial charge in [0.2, 0.25) is 5.91 Å². The molecule has 1 atom stereocenters. The first kappa shape index (κ1) is 14.0. The number of benzene rings is 2. The summed E-state index contributed by atoms with van der Waals surface area (Å²) in [7, 11) is 0. The second kappa shape index (κ2) is 5.54. The maximum atomic E-state index is 12.4. The fourth-order valence-corrected chi connectivity index (χ4v) is 2.85. The molecule has 4 rings (SSSR count). The molecule has 1 unspecified atom stereocenters. The van der Waals surface area contributed by atoms with Crippen LogP contribution in [0.3, 0.4) is 0 Å². The lowest BCUT2D eigenvalue weighted by Crippen LogP contribution is -2.32. The zero-order chi connectivity index (χ0) is 15.8. The Morgan fingerprint density at radius 3 is 2.57 bits per heavy atom. The third-order valence-corrected chi connectivity index (χ3v) is 4.33. The van der Waals surface area contributed by atoms with Gasteiger partial charge in [0.05, 0.1) is 5.52 Å². The van der Waals surface area contributed by atoms with E-state index in [0.717, 1.165) is 35.0 Å². The summed E-state index contributed by atoms with van der Waals surface area (Å²) in [6.07, 6.45) is 2.18. The summed E-state index contributed by atoms with van der Waals surface area (Å²) in [6.45, 7) is 1.91. The smallest absolute Gasteiger partial charge is 0.244 e. The van der Waals surface area contributed by atoms with E-state index in [1.54, 1.807) is 0 Å². The number of hydrogen-bond acceptors (Lipinski definition) is 2. The van der Waals surface area contributed by atoms with Gasteiger partial charge in [0.15, 0.2) is 0 Å².